The number of aryl methyl sites for hydroxylation is 1. The van der Waals surface area contributed by atoms with Crippen molar-refractivity contribution in [1.82, 2.24) is 9.46 Å². The van der Waals surface area contributed by atoms with Crippen molar-refractivity contribution in [1.29, 1.82) is 0 Å². The number of hydrogen-bond acceptors (Lipinski definition) is 6. The molecule has 2 rings (SSSR count). The van der Waals surface area contributed by atoms with Crippen molar-refractivity contribution in [3.63, 3.8) is 0 Å². The van der Waals surface area contributed by atoms with Gasteiger partial charge in [0.05, 0.1) is 13.2 Å². The van der Waals surface area contributed by atoms with Crippen LogP contribution in [-0.4, -0.2) is 50.6 Å². The summed E-state index contributed by atoms with van der Waals surface area (Å²) in [6.45, 7) is 1.53. The lowest BCUT2D eigenvalue weighted by Crippen LogP contribution is -2.39. The first-order valence-electron chi connectivity index (χ1n) is 7.86. The minimum atomic E-state index is -3.81. The van der Waals surface area contributed by atoms with E-state index in [1.165, 1.54) is 13.2 Å². The Hall–Kier alpha value is -2.49. The Morgan fingerprint density at radius 1 is 1.35 bits per heavy atom. The summed E-state index contributed by atoms with van der Waals surface area (Å²) in [6, 6.07) is 10.6. The molecule has 0 saturated heterocycles. The summed E-state index contributed by atoms with van der Waals surface area (Å²) in [5, 5.41) is 7.23. The number of aromatic nitrogens is 1. The predicted octanol–water partition coefficient (Wildman–Crippen LogP) is 1.87. The molecule has 9 heteroatoms. The SMILES string of the molecule is COCCN(CC(=O)Nc1cc(C)on1)S(=O)(=O)/C=C/c1ccccc1. The first kappa shape index (κ1) is 19.8. The molecule has 1 aromatic heterocycles. The van der Waals surface area contributed by atoms with Crippen LogP contribution in [0.5, 0.6) is 0 Å². The van der Waals surface area contributed by atoms with Gasteiger partial charge in [-0.2, -0.15) is 4.31 Å². The molecule has 0 aliphatic rings. The molecule has 26 heavy (non-hydrogen) atoms. The Morgan fingerprint density at radius 3 is 2.69 bits per heavy atom. The number of rotatable bonds is 9. The van der Waals surface area contributed by atoms with Gasteiger partial charge in [-0.15, -0.1) is 0 Å². The van der Waals surface area contributed by atoms with Gasteiger partial charge in [0.15, 0.2) is 5.82 Å². The van der Waals surface area contributed by atoms with Crippen molar-refractivity contribution >= 4 is 27.8 Å². The van der Waals surface area contributed by atoms with Crippen LogP contribution in [0.15, 0.2) is 46.3 Å². The van der Waals surface area contributed by atoms with Crippen molar-refractivity contribution in [3.05, 3.63) is 53.1 Å². The van der Waals surface area contributed by atoms with Crippen LogP contribution in [0, 0.1) is 6.92 Å². The highest BCUT2D eigenvalue weighted by Crippen LogP contribution is 2.10. The van der Waals surface area contributed by atoms with Crippen molar-refractivity contribution in [3.8, 4) is 0 Å². The highest BCUT2D eigenvalue weighted by atomic mass is 32.2. The molecule has 1 amide bonds. The van der Waals surface area contributed by atoms with E-state index in [-0.39, 0.29) is 25.5 Å². The molecular weight excluding hydrogens is 358 g/mol. The molecule has 0 unspecified atom stereocenters. The maximum atomic E-state index is 12.6. The lowest BCUT2D eigenvalue weighted by Gasteiger charge is -2.19. The van der Waals surface area contributed by atoms with E-state index < -0.39 is 15.9 Å². The van der Waals surface area contributed by atoms with Crippen LogP contribution in [0.3, 0.4) is 0 Å². The Labute approximate surface area is 152 Å². The van der Waals surface area contributed by atoms with Crippen LogP contribution in [0.1, 0.15) is 11.3 Å². The maximum absolute atomic E-state index is 12.6. The number of amides is 1. The van der Waals surface area contributed by atoms with Gasteiger partial charge in [0.2, 0.25) is 15.9 Å². The smallest absolute Gasteiger partial charge is 0.240 e. The van der Waals surface area contributed by atoms with Gasteiger partial charge in [-0.1, -0.05) is 35.5 Å². The fourth-order valence-electron chi connectivity index (χ4n) is 2.07. The molecule has 0 saturated carbocycles. The second-order valence-electron chi connectivity index (χ2n) is 5.46. The molecule has 8 nitrogen and oxygen atoms in total. The Kier molecular flexibility index (Phi) is 7.07. The summed E-state index contributed by atoms with van der Waals surface area (Å²) in [6.07, 6.45) is 1.48. The zero-order chi connectivity index (χ0) is 19.0. The summed E-state index contributed by atoms with van der Waals surface area (Å²) < 4.78 is 36.0. The molecule has 0 atom stereocenters. The van der Waals surface area contributed by atoms with Gasteiger partial charge in [0.1, 0.15) is 5.76 Å². The molecule has 140 valence electrons. The summed E-state index contributed by atoms with van der Waals surface area (Å²) in [7, 11) is -2.35. The van der Waals surface area contributed by atoms with Gasteiger partial charge in [-0.3, -0.25) is 4.79 Å². The number of carbonyl (C=O) groups is 1. The first-order chi connectivity index (χ1) is 12.4. The molecule has 2 aromatic rings. The number of nitrogens with zero attached hydrogens (tertiary/aromatic N) is 2. The van der Waals surface area contributed by atoms with E-state index in [0.717, 1.165) is 15.3 Å². The third kappa shape index (κ3) is 6.10. The quantitative estimate of drug-likeness (QED) is 0.714. The van der Waals surface area contributed by atoms with Gasteiger partial charge >= 0.3 is 0 Å². The van der Waals surface area contributed by atoms with Crippen LogP contribution in [-0.2, 0) is 19.6 Å². The van der Waals surface area contributed by atoms with Crippen molar-refractivity contribution in [2.75, 3.05) is 32.1 Å². The number of carbonyl (C=O) groups excluding carboxylic acids is 1. The lowest BCUT2D eigenvalue weighted by molar-refractivity contribution is -0.116. The number of hydrogen-bond donors (Lipinski definition) is 1. The third-order valence-corrected chi connectivity index (χ3v) is 4.86. The number of sulfonamides is 1. The third-order valence-electron chi connectivity index (χ3n) is 3.35. The van der Waals surface area contributed by atoms with Gasteiger partial charge < -0.3 is 14.6 Å². The average molecular weight is 379 g/mol. The van der Waals surface area contributed by atoms with Gasteiger partial charge in [-0.05, 0) is 18.6 Å². The fraction of sp³-hybridized carbons (Fsp3) is 0.294. The molecule has 0 spiro atoms. The predicted molar refractivity (Wildman–Crippen MR) is 97.7 cm³/mol. The zero-order valence-electron chi connectivity index (χ0n) is 14.6. The number of benzene rings is 1. The van der Waals surface area contributed by atoms with Crippen LogP contribution in [0.25, 0.3) is 6.08 Å². The van der Waals surface area contributed by atoms with Crippen LogP contribution >= 0.6 is 0 Å². The van der Waals surface area contributed by atoms with Gasteiger partial charge in [0.25, 0.3) is 0 Å². The molecule has 0 aliphatic heterocycles. The molecular formula is C17H21N3O5S. The zero-order valence-corrected chi connectivity index (χ0v) is 15.4. The number of nitrogens with one attached hydrogen (secondary N) is 1. The summed E-state index contributed by atoms with van der Waals surface area (Å²) in [4.78, 5) is 12.2. The minimum absolute atomic E-state index is 0.0449. The van der Waals surface area contributed by atoms with E-state index in [0.29, 0.717) is 5.76 Å². The molecule has 0 bridgehead atoms. The Balaban J connectivity index is 2.09. The van der Waals surface area contributed by atoms with E-state index in [1.807, 2.05) is 18.2 Å². The van der Waals surface area contributed by atoms with Crippen molar-refractivity contribution < 1.29 is 22.5 Å². The number of methoxy groups -OCH3 is 1. The minimum Gasteiger partial charge on any atom is -0.383 e. The Bertz CT molecular complexity index is 846. The molecule has 1 aromatic carbocycles. The fourth-order valence-corrected chi connectivity index (χ4v) is 3.20. The van der Waals surface area contributed by atoms with Crippen molar-refractivity contribution in [2.24, 2.45) is 0 Å². The van der Waals surface area contributed by atoms with E-state index >= 15 is 0 Å². The molecule has 0 aliphatic carbocycles. The summed E-state index contributed by atoms with van der Waals surface area (Å²) >= 11 is 0. The van der Waals surface area contributed by atoms with Crippen molar-refractivity contribution in [2.45, 2.75) is 6.92 Å². The standard InChI is InChI=1S/C17H21N3O5S/c1-14-12-16(19-25-14)18-17(21)13-20(9-10-24-2)26(22,23)11-8-15-6-4-3-5-7-15/h3-8,11-12H,9-10,13H2,1-2H3,(H,18,19,21)/b11-8+. The topological polar surface area (TPSA) is 102 Å². The highest BCUT2D eigenvalue weighted by molar-refractivity contribution is 7.92. The molecule has 0 fully saturated rings. The lowest BCUT2D eigenvalue weighted by atomic mass is 10.2. The second-order valence-corrected chi connectivity index (χ2v) is 7.27. The largest absolute Gasteiger partial charge is 0.383 e. The second kappa shape index (κ2) is 9.27. The van der Waals surface area contributed by atoms with E-state index in [9.17, 15) is 13.2 Å². The van der Waals surface area contributed by atoms with E-state index in [2.05, 4.69) is 10.5 Å². The Morgan fingerprint density at radius 2 is 2.08 bits per heavy atom. The van der Waals surface area contributed by atoms with E-state index in [1.54, 1.807) is 25.1 Å². The number of ether oxygens (including phenoxy) is 1. The monoisotopic (exact) mass is 379 g/mol. The maximum Gasteiger partial charge on any atom is 0.240 e. The molecule has 1 N–H and O–H groups in total. The van der Waals surface area contributed by atoms with Gasteiger partial charge in [-0.25, -0.2) is 8.42 Å². The van der Waals surface area contributed by atoms with Crippen LogP contribution in [0.2, 0.25) is 0 Å². The normalized spacial score (nSPS) is 12.0. The van der Waals surface area contributed by atoms with Gasteiger partial charge in [0, 0.05) is 25.1 Å². The van der Waals surface area contributed by atoms with Crippen LogP contribution < -0.4 is 5.32 Å². The van der Waals surface area contributed by atoms with E-state index in [4.69, 9.17) is 9.26 Å². The van der Waals surface area contributed by atoms with Crippen LogP contribution in [0.4, 0.5) is 5.82 Å². The molecule has 1 heterocycles. The molecule has 0 radical (unpaired) electrons. The highest BCUT2D eigenvalue weighted by Gasteiger charge is 2.22. The summed E-state index contributed by atoms with van der Waals surface area (Å²) in [5.74, 6) is 0.248. The number of anilines is 1. The average Bonchev–Trinajstić information content (AvgIpc) is 3.02. The summed E-state index contributed by atoms with van der Waals surface area (Å²) in [5.41, 5.74) is 0.741. The first-order valence-corrected chi connectivity index (χ1v) is 9.36.